The number of halogens is 3. The number of alkyl halides is 2. The summed E-state index contributed by atoms with van der Waals surface area (Å²) in [6.07, 6.45) is -2.71. The molecule has 1 aliphatic rings. The molecule has 172 valence electrons. The van der Waals surface area contributed by atoms with Gasteiger partial charge in [-0.3, -0.25) is 9.78 Å². The fourth-order valence-corrected chi connectivity index (χ4v) is 3.78. The van der Waals surface area contributed by atoms with Gasteiger partial charge in [0.1, 0.15) is 11.6 Å². The molecule has 3 rings (SSSR count). The Hall–Kier alpha value is -2.78. The zero-order chi connectivity index (χ0) is 23.5. The van der Waals surface area contributed by atoms with E-state index in [-0.39, 0.29) is 36.8 Å². The predicted octanol–water partition coefficient (Wildman–Crippen LogP) is 3.31. The molecular formula is C23H25F3N2O4. The lowest BCUT2D eigenvalue weighted by molar-refractivity contribution is -0.120. The Labute approximate surface area is 183 Å². The van der Waals surface area contributed by atoms with Gasteiger partial charge >= 0.3 is 0 Å². The van der Waals surface area contributed by atoms with Crippen LogP contribution in [0.2, 0.25) is 0 Å². The number of hydrogen-bond donors (Lipinski definition) is 2. The number of aliphatic imine (C=N–C) groups is 1. The van der Waals surface area contributed by atoms with Crippen molar-refractivity contribution < 1.29 is 32.9 Å². The third-order valence-corrected chi connectivity index (χ3v) is 5.27. The van der Waals surface area contributed by atoms with E-state index in [0.29, 0.717) is 22.4 Å². The van der Waals surface area contributed by atoms with Crippen molar-refractivity contribution in [1.82, 2.24) is 4.98 Å². The molecule has 2 aromatic rings. The van der Waals surface area contributed by atoms with Crippen molar-refractivity contribution in [2.24, 2.45) is 4.99 Å². The smallest absolute Gasteiger partial charge is 0.272 e. The van der Waals surface area contributed by atoms with Crippen LogP contribution in [0, 0.1) is 5.82 Å². The Morgan fingerprint density at radius 3 is 2.53 bits per heavy atom. The molecule has 32 heavy (non-hydrogen) atoms. The molecule has 0 saturated carbocycles. The highest BCUT2D eigenvalue weighted by Crippen LogP contribution is 2.32. The molecule has 0 unspecified atom stereocenters. The van der Waals surface area contributed by atoms with E-state index < -0.39 is 37.0 Å². The zero-order valence-electron chi connectivity index (χ0n) is 17.8. The minimum Gasteiger partial charge on any atom is -0.471 e. The summed E-state index contributed by atoms with van der Waals surface area (Å²) >= 11 is 0. The summed E-state index contributed by atoms with van der Waals surface area (Å²) in [5.41, 5.74) is 1.03. The van der Waals surface area contributed by atoms with Crippen LogP contribution in [0.5, 0.6) is 0 Å². The number of aromatic nitrogens is 1. The van der Waals surface area contributed by atoms with E-state index in [1.54, 1.807) is 32.0 Å². The van der Waals surface area contributed by atoms with E-state index in [9.17, 15) is 28.2 Å². The molecule has 6 nitrogen and oxygen atoms in total. The van der Waals surface area contributed by atoms with Crippen LogP contribution in [0.3, 0.4) is 0 Å². The van der Waals surface area contributed by atoms with Gasteiger partial charge in [0.25, 0.3) is 6.43 Å². The lowest BCUT2D eigenvalue weighted by Crippen LogP contribution is -2.31. The topological polar surface area (TPSA) is 92.0 Å². The predicted molar refractivity (Wildman–Crippen MR) is 111 cm³/mol. The lowest BCUT2D eigenvalue weighted by Gasteiger charge is -2.29. The Bertz CT molecular complexity index is 1000. The highest BCUT2D eigenvalue weighted by molar-refractivity contribution is 5.98. The summed E-state index contributed by atoms with van der Waals surface area (Å²) in [5, 5.41) is 20.3. The maximum Gasteiger partial charge on any atom is 0.272 e. The first-order chi connectivity index (χ1) is 15.1. The first-order valence-electron chi connectivity index (χ1n) is 10.2. The molecule has 0 spiro atoms. The number of ketones is 1. The maximum absolute atomic E-state index is 13.3. The van der Waals surface area contributed by atoms with E-state index in [4.69, 9.17) is 4.74 Å². The van der Waals surface area contributed by atoms with Crippen LogP contribution in [0.4, 0.5) is 13.2 Å². The van der Waals surface area contributed by atoms with Crippen molar-refractivity contribution in [3.8, 4) is 0 Å². The number of carbonyl (C=O) groups is 1. The van der Waals surface area contributed by atoms with E-state index >= 15 is 0 Å². The number of hydrogen-bond acceptors (Lipinski definition) is 6. The molecule has 1 aliphatic heterocycles. The van der Waals surface area contributed by atoms with Crippen molar-refractivity contribution in [1.29, 1.82) is 0 Å². The number of Topliss-reactive ketones (excluding diaryl/α,β-unsaturated/α-hetero) is 1. The maximum atomic E-state index is 13.3. The molecule has 0 bridgehead atoms. The quantitative estimate of drug-likeness (QED) is 0.612. The number of aliphatic hydroxyl groups excluding tert-OH is 1. The Balaban J connectivity index is 1.77. The molecular weight excluding hydrogens is 425 g/mol. The van der Waals surface area contributed by atoms with Crippen LogP contribution >= 0.6 is 0 Å². The minimum atomic E-state index is -2.66. The third kappa shape index (κ3) is 5.72. The molecule has 1 aromatic carbocycles. The first-order valence-corrected chi connectivity index (χ1v) is 10.2. The van der Waals surface area contributed by atoms with Gasteiger partial charge in [0.15, 0.2) is 6.61 Å². The molecule has 0 saturated heterocycles. The SMILES string of the molecule is CC(C)(O)[C@@H](CC(=O)Cc1cc2c(c(CO)n1)C(OCC(F)F)=NC2)c1ccc(F)cc1. The second-order valence-electron chi connectivity index (χ2n) is 8.25. The molecule has 0 fully saturated rings. The van der Waals surface area contributed by atoms with Gasteiger partial charge in [-0.1, -0.05) is 12.1 Å². The third-order valence-electron chi connectivity index (χ3n) is 5.27. The number of nitrogens with zero attached hydrogens (tertiary/aromatic N) is 2. The van der Waals surface area contributed by atoms with Crippen LogP contribution in [-0.2, 0) is 29.1 Å². The van der Waals surface area contributed by atoms with Gasteiger partial charge in [0, 0.05) is 24.5 Å². The van der Waals surface area contributed by atoms with Crippen molar-refractivity contribution in [3.63, 3.8) is 0 Å². The zero-order valence-corrected chi connectivity index (χ0v) is 17.8. The number of rotatable bonds is 9. The Morgan fingerprint density at radius 2 is 1.94 bits per heavy atom. The molecule has 0 aliphatic carbocycles. The lowest BCUT2D eigenvalue weighted by atomic mass is 9.80. The van der Waals surface area contributed by atoms with Gasteiger partial charge in [-0.2, -0.15) is 0 Å². The van der Waals surface area contributed by atoms with Gasteiger partial charge in [-0.25, -0.2) is 18.2 Å². The van der Waals surface area contributed by atoms with E-state index in [2.05, 4.69) is 9.98 Å². The average Bonchev–Trinajstić information content (AvgIpc) is 3.13. The second kappa shape index (κ2) is 9.79. The number of benzene rings is 1. The van der Waals surface area contributed by atoms with Gasteiger partial charge in [0.05, 0.1) is 30.0 Å². The molecule has 9 heteroatoms. The second-order valence-corrected chi connectivity index (χ2v) is 8.25. The van der Waals surface area contributed by atoms with Crippen molar-refractivity contribution >= 4 is 11.7 Å². The standard InChI is InChI=1S/C23H25F3N2O4/c1-23(2,31)18(13-3-5-15(24)6-4-13)9-17(30)8-16-7-14-10-27-22(32-12-20(25)26)21(14)19(11-29)28-16/h3-7,18,20,29,31H,8-12H2,1-2H3/t18-/m0/s1. The summed E-state index contributed by atoms with van der Waals surface area (Å²) in [5.74, 6) is -1.16. The molecule has 1 aromatic heterocycles. The normalized spacial score (nSPS) is 14.3. The molecule has 1 atom stereocenters. The van der Waals surface area contributed by atoms with Crippen LogP contribution in [0.15, 0.2) is 35.3 Å². The summed E-state index contributed by atoms with van der Waals surface area (Å²) in [6, 6.07) is 7.29. The monoisotopic (exact) mass is 450 g/mol. The molecule has 2 N–H and O–H groups in total. The fourth-order valence-electron chi connectivity index (χ4n) is 3.78. The number of ether oxygens (including phenoxy) is 1. The van der Waals surface area contributed by atoms with Crippen LogP contribution in [0.1, 0.15) is 54.3 Å². The minimum absolute atomic E-state index is 0.00159. The number of fused-ring (bicyclic) bond motifs is 1. The van der Waals surface area contributed by atoms with Crippen LogP contribution < -0.4 is 0 Å². The summed E-state index contributed by atoms with van der Waals surface area (Å²) in [7, 11) is 0. The first kappa shape index (κ1) is 23.9. The van der Waals surface area contributed by atoms with Gasteiger partial charge in [0.2, 0.25) is 5.90 Å². The highest BCUT2D eigenvalue weighted by atomic mass is 19.3. The molecule has 0 amide bonds. The summed E-state index contributed by atoms with van der Waals surface area (Å²) < 4.78 is 43.2. The highest BCUT2D eigenvalue weighted by Gasteiger charge is 2.31. The largest absolute Gasteiger partial charge is 0.471 e. The number of aliphatic hydroxyl groups is 2. The molecule has 0 radical (unpaired) electrons. The van der Waals surface area contributed by atoms with Gasteiger partial charge < -0.3 is 14.9 Å². The van der Waals surface area contributed by atoms with Crippen molar-refractivity contribution in [3.05, 3.63) is 64.2 Å². The van der Waals surface area contributed by atoms with E-state index in [0.717, 1.165) is 0 Å². The van der Waals surface area contributed by atoms with Gasteiger partial charge in [-0.05, 0) is 43.2 Å². The van der Waals surface area contributed by atoms with Crippen molar-refractivity contribution in [2.75, 3.05) is 6.61 Å². The summed E-state index contributed by atoms with van der Waals surface area (Å²) in [6.45, 7) is 2.06. The molecule has 2 heterocycles. The van der Waals surface area contributed by atoms with E-state index in [1.165, 1.54) is 12.1 Å². The average molecular weight is 450 g/mol. The van der Waals surface area contributed by atoms with Gasteiger partial charge in [-0.15, -0.1) is 0 Å². The Kier molecular flexibility index (Phi) is 7.30. The van der Waals surface area contributed by atoms with Crippen LogP contribution in [0.25, 0.3) is 0 Å². The Morgan fingerprint density at radius 1 is 1.25 bits per heavy atom. The van der Waals surface area contributed by atoms with E-state index in [1.807, 2.05) is 0 Å². The van der Waals surface area contributed by atoms with Crippen LogP contribution in [-0.4, -0.2) is 45.5 Å². The van der Waals surface area contributed by atoms with Crippen molar-refractivity contribution in [2.45, 2.75) is 57.8 Å². The fraction of sp³-hybridized carbons (Fsp3) is 0.435. The summed E-state index contributed by atoms with van der Waals surface area (Å²) in [4.78, 5) is 21.2. The number of carbonyl (C=O) groups excluding carboxylic acids is 1. The number of pyridine rings is 1.